The van der Waals surface area contributed by atoms with Gasteiger partial charge in [-0.1, -0.05) is 19.1 Å². The van der Waals surface area contributed by atoms with E-state index in [1.165, 1.54) is 0 Å². The normalized spacial score (nSPS) is 12.4. The fraction of sp³-hybridized carbons (Fsp3) is 0.357. The number of hydrogen-bond acceptors (Lipinski definition) is 3. The Hall–Kier alpha value is -2.17. The molecule has 1 aromatic heterocycles. The van der Waals surface area contributed by atoms with Crippen LogP contribution in [0.4, 0.5) is 0 Å². The van der Waals surface area contributed by atoms with Crippen LogP contribution in [0.2, 0.25) is 0 Å². The number of aryl methyl sites for hydroxylation is 2. The minimum atomic E-state index is -0.771. The van der Waals surface area contributed by atoms with Gasteiger partial charge in [-0.25, -0.2) is 9.67 Å². The van der Waals surface area contributed by atoms with Crippen LogP contribution < -0.4 is 0 Å². The van der Waals surface area contributed by atoms with Crippen molar-refractivity contribution in [1.29, 1.82) is 0 Å². The maximum atomic E-state index is 10.8. The Bertz CT molecular complexity index is 587. The molecular weight excluding hydrogens is 242 g/mol. The highest BCUT2D eigenvalue weighted by atomic mass is 16.4. The van der Waals surface area contributed by atoms with Crippen molar-refractivity contribution in [3.05, 3.63) is 41.5 Å². The van der Waals surface area contributed by atoms with E-state index in [9.17, 15) is 4.79 Å². The molecular formula is C14H17N3O2. The first-order valence-corrected chi connectivity index (χ1v) is 6.19. The van der Waals surface area contributed by atoms with Crippen LogP contribution in [0.3, 0.4) is 0 Å². The van der Waals surface area contributed by atoms with Gasteiger partial charge in [0.2, 0.25) is 0 Å². The number of nitrogens with zero attached hydrogens (tertiary/aromatic N) is 3. The SMILES string of the molecule is Cc1nc(C)n(-c2ccc(CC(C)C(=O)O)cc2)n1. The van der Waals surface area contributed by atoms with Gasteiger partial charge in [-0.3, -0.25) is 4.79 Å². The molecule has 2 rings (SSSR count). The van der Waals surface area contributed by atoms with Crippen LogP contribution in [0, 0.1) is 19.8 Å². The van der Waals surface area contributed by atoms with Crippen LogP contribution in [0.1, 0.15) is 24.1 Å². The molecule has 0 bridgehead atoms. The summed E-state index contributed by atoms with van der Waals surface area (Å²) in [6.07, 6.45) is 0.533. The molecule has 5 nitrogen and oxygen atoms in total. The topological polar surface area (TPSA) is 68.0 Å². The summed E-state index contributed by atoms with van der Waals surface area (Å²) in [7, 11) is 0. The molecule has 1 aromatic carbocycles. The van der Waals surface area contributed by atoms with Crippen LogP contribution >= 0.6 is 0 Å². The lowest BCUT2D eigenvalue weighted by molar-refractivity contribution is -0.141. The summed E-state index contributed by atoms with van der Waals surface area (Å²) >= 11 is 0. The molecule has 0 saturated heterocycles. The molecule has 1 unspecified atom stereocenters. The van der Waals surface area contributed by atoms with Crippen molar-refractivity contribution in [2.24, 2.45) is 5.92 Å². The second kappa shape index (κ2) is 5.22. The minimum Gasteiger partial charge on any atom is -0.481 e. The zero-order chi connectivity index (χ0) is 14.0. The van der Waals surface area contributed by atoms with Crippen molar-refractivity contribution in [3.8, 4) is 5.69 Å². The number of benzene rings is 1. The van der Waals surface area contributed by atoms with Gasteiger partial charge in [-0.2, -0.15) is 5.10 Å². The number of aliphatic carboxylic acids is 1. The van der Waals surface area contributed by atoms with E-state index in [0.717, 1.165) is 22.9 Å². The minimum absolute atomic E-state index is 0.374. The molecule has 19 heavy (non-hydrogen) atoms. The molecule has 0 spiro atoms. The average Bonchev–Trinajstić information content (AvgIpc) is 2.69. The smallest absolute Gasteiger partial charge is 0.306 e. The van der Waals surface area contributed by atoms with E-state index in [1.807, 2.05) is 38.1 Å². The summed E-state index contributed by atoms with van der Waals surface area (Å²) < 4.78 is 1.78. The van der Waals surface area contributed by atoms with Gasteiger partial charge in [0.15, 0.2) is 0 Å². The highest BCUT2D eigenvalue weighted by molar-refractivity contribution is 5.69. The highest BCUT2D eigenvalue weighted by Crippen LogP contribution is 2.14. The van der Waals surface area contributed by atoms with Crippen molar-refractivity contribution in [1.82, 2.24) is 14.8 Å². The summed E-state index contributed by atoms with van der Waals surface area (Å²) in [5.74, 6) is 0.429. The van der Waals surface area contributed by atoms with Crippen molar-refractivity contribution < 1.29 is 9.90 Å². The number of hydrogen-bond donors (Lipinski definition) is 1. The largest absolute Gasteiger partial charge is 0.481 e. The van der Waals surface area contributed by atoms with E-state index in [0.29, 0.717) is 6.42 Å². The number of carboxylic acids is 1. The highest BCUT2D eigenvalue weighted by Gasteiger charge is 2.12. The summed E-state index contributed by atoms with van der Waals surface area (Å²) in [6.45, 7) is 5.47. The summed E-state index contributed by atoms with van der Waals surface area (Å²) in [5.41, 5.74) is 1.94. The molecule has 0 saturated carbocycles. The van der Waals surface area contributed by atoms with Gasteiger partial charge in [0.05, 0.1) is 11.6 Å². The Labute approximate surface area is 111 Å². The molecule has 0 fully saturated rings. The van der Waals surface area contributed by atoms with Crippen LogP contribution in [0.5, 0.6) is 0 Å². The fourth-order valence-electron chi connectivity index (χ4n) is 1.98. The number of carbonyl (C=O) groups is 1. The molecule has 0 radical (unpaired) electrons. The van der Waals surface area contributed by atoms with E-state index in [-0.39, 0.29) is 5.92 Å². The molecule has 5 heteroatoms. The molecule has 100 valence electrons. The van der Waals surface area contributed by atoms with Gasteiger partial charge in [0, 0.05) is 0 Å². The molecule has 1 atom stereocenters. The lowest BCUT2D eigenvalue weighted by atomic mass is 10.0. The molecule has 2 aromatic rings. The second-order valence-corrected chi connectivity index (χ2v) is 4.73. The maximum absolute atomic E-state index is 10.8. The van der Waals surface area contributed by atoms with Crippen molar-refractivity contribution in [2.45, 2.75) is 27.2 Å². The number of aromatic nitrogens is 3. The summed E-state index contributed by atoms with van der Waals surface area (Å²) in [6, 6.07) is 7.74. The third-order valence-corrected chi connectivity index (χ3v) is 3.02. The average molecular weight is 259 g/mol. The second-order valence-electron chi connectivity index (χ2n) is 4.73. The van der Waals surface area contributed by atoms with E-state index < -0.39 is 5.97 Å². The first-order valence-electron chi connectivity index (χ1n) is 6.19. The molecule has 1 heterocycles. The van der Waals surface area contributed by atoms with E-state index >= 15 is 0 Å². The summed E-state index contributed by atoms with van der Waals surface area (Å²) in [4.78, 5) is 15.1. The van der Waals surface area contributed by atoms with Gasteiger partial charge in [0.1, 0.15) is 11.6 Å². The third-order valence-electron chi connectivity index (χ3n) is 3.02. The van der Waals surface area contributed by atoms with Crippen molar-refractivity contribution in [3.63, 3.8) is 0 Å². The fourth-order valence-corrected chi connectivity index (χ4v) is 1.98. The van der Waals surface area contributed by atoms with Gasteiger partial charge >= 0.3 is 5.97 Å². The third kappa shape index (κ3) is 2.99. The van der Waals surface area contributed by atoms with Crippen molar-refractivity contribution in [2.75, 3.05) is 0 Å². The molecule has 0 amide bonds. The lowest BCUT2D eigenvalue weighted by Crippen LogP contribution is -2.12. The maximum Gasteiger partial charge on any atom is 0.306 e. The Balaban J connectivity index is 2.19. The molecule has 0 aliphatic carbocycles. The zero-order valence-corrected chi connectivity index (χ0v) is 11.3. The molecule has 0 aliphatic rings. The number of carboxylic acid groups (broad SMARTS) is 1. The van der Waals surface area contributed by atoms with E-state index in [4.69, 9.17) is 5.11 Å². The van der Waals surface area contributed by atoms with Gasteiger partial charge in [-0.15, -0.1) is 0 Å². The Kier molecular flexibility index (Phi) is 3.64. The van der Waals surface area contributed by atoms with Gasteiger partial charge < -0.3 is 5.11 Å². The van der Waals surface area contributed by atoms with Crippen LogP contribution in [-0.4, -0.2) is 25.8 Å². The van der Waals surface area contributed by atoms with Gasteiger partial charge in [0.25, 0.3) is 0 Å². The van der Waals surface area contributed by atoms with Crippen molar-refractivity contribution >= 4 is 5.97 Å². The Morgan fingerprint density at radius 3 is 2.42 bits per heavy atom. The monoisotopic (exact) mass is 259 g/mol. The molecule has 1 N–H and O–H groups in total. The number of rotatable bonds is 4. The lowest BCUT2D eigenvalue weighted by Gasteiger charge is -2.08. The predicted molar refractivity (Wildman–Crippen MR) is 71.3 cm³/mol. The van der Waals surface area contributed by atoms with Crippen LogP contribution in [0.25, 0.3) is 5.69 Å². The Morgan fingerprint density at radius 2 is 1.95 bits per heavy atom. The van der Waals surface area contributed by atoms with E-state index in [1.54, 1.807) is 11.6 Å². The predicted octanol–water partition coefficient (Wildman–Crippen LogP) is 2.15. The standard InChI is InChI=1S/C14H17N3O2/c1-9(14(18)19)8-12-4-6-13(7-5-12)17-11(3)15-10(2)16-17/h4-7,9H,8H2,1-3H3,(H,18,19). The van der Waals surface area contributed by atoms with Gasteiger partial charge in [-0.05, 0) is 38.0 Å². The first-order chi connectivity index (χ1) is 8.97. The quantitative estimate of drug-likeness (QED) is 0.913. The first kappa shape index (κ1) is 13.3. The van der Waals surface area contributed by atoms with Crippen LogP contribution in [-0.2, 0) is 11.2 Å². The molecule has 0 aliphatic heterocycles. The zero-order valence-electron chi connectivity index (χ0n) is 11.3. The summed E-state index contributed by atoms with van der Waals surface area (Å²) in [5, 5.41) is 13.2. The van der Waals surface area contributed by atoms with Crippen LogP contribution in [0.15, 0.2) is 24.3 Å². The Morgan fingerprint density at radius 1 is 1.32 bits per heavy atom. The van der Waals surface area contributed by atoms with E-state index in [2.05, 4.69) is 10.1 Å².